The fourth-order valence-electron chi connectivity index (χ4n) is 4.62. The first-order valence-corrected chi connectivity index (χ1v) is 10.8. The summed E-state index contributed by atoms with van der Waals surface area (Å²) in [7, 11) is 1.66. The van der Waals surface area contributed by atoms with Crippen molar-refractivity contribution in [3.8, 4) is 5.75 Å². The smallest absolute Gasteiger partial charge is 0.264 e. The fraction of sp³-hybridized carbons (Fsp3) is 0.0714. The van der Waals surface area contributed by atoms with Gasteiger partial charge >= 0.3 is 0 Å². The topological polar surface area (TPSA) is 54.5 Å². The van der Waals surface area contributed by atoms with Crippen molar-refractivity contribution in [2.45, 2.75) is 6.17 Å². The summed E-state index contributed by atoms with van der Waals surface area (Å²) in [4.78, 5) is 20.6. The zero-order valence-corrected chi connectivity index (χ0v) is 18.0. The number of hydrogen-bond donors (Lipinski definition) is 1. The zero-order chi connectivity index (χ0) is 22.4. The van der Waals surface area contributed by atoms with Gasteiger partial charge in [-0.3, -0.25) is 9.69 Å². The molecule has 5 aromatic rings. The van der Waals surface area contributed by atoms with Gasteiger partial charge in [0.1, 0.15) is 17.7 Å². The molecule has 1 aromatic heterocycles. The summed E-state index contributed by atoms with van der Waals surface area (Å²) >= 11 is 0. The first-order valence-electron chi connectivity index (χ1n) is 10.8. The second kappa shape index (κ2) is 7.64. The Bertz CT molecular complexity index is 1510. The number of rotatable bonds is 3. The van der Waals surface area contributed by atoms with E-state index in [2.05, 4.69) is 17.4 Å². The second-order valence-corrected chi connectivity index (χ2v) is 8.04. The van der Waals surface area contributed by atoms with E-state index in [0.717, 1.165) is 32.9 Å². The van der Waals surface area contributed by atoms with Crippen LogP contribution in [-0.4, -0.2) is 18.0 Å². The zero-order valence-electron chi connectivity index (χ0n) is 18.0. The van der Waals surface area contributed by atoms with Crippen LogP contribution in [0.1, 0.15) is 22.1 Å². The quantitative estimate of drug-likeness (QED) is 0.371. The molecule has 0 radical (unpaired) electrons. The number of carbonyl (C=O) groups is 1. The van der Waals surface area contributed by atoms with Crippen molar-refractivity contribution in [1.29, 1.82) is 0 Å². The molecule has 0 fully saturated rings. The van der Waals surface area contributed by atoms with Gasteiger partial charge in [0.15, 0.2) is 0 Å². The number of nitrogens with one attached hydrogen (secondary N) is 1. The van der Waals surface area contributed by atoms with Gasteiger partial charge in [-0.25, -0.2) is 4.98 Å². The van der Waals surface area contributed by atoms with E-state index in [9.17, 15) is 4.79 Å². The lowest BCUT2D eigenvalue weighted by Gasteiger charge is -2.38. The summed E-state index contributed by atoms with van der Waals surface area (Å²) < 4.78 is 5.79. The molecule has 1 amide bonds. The molecule has 0 bridgehead atoms. The monoisotopic (exact) mass is 431 g/mol. The van der Waals surface area contributed by atoms with E-state index in [0.29, 0.717) is 17.1 Å². The van der Waals surface area contributed by atoms with Crippen molar-refractivity contribution in [2.24, 2.45) is 0 Å². The van der Waals surface area contributed by atoms with Gasteiger partial charge in [0, 0.05) is 16.6 Å². The van der Waals surface area contributed by atoms with Crippen molar-refractivity contribution >= 4 is 39.1 Å². The maximum Gasteiger partial charge on any atom is 0.264 e. The Hall–Kier alpha value is -4.38. The fourth-order valence-corrected chi connectivity index (χ4v) is 4.62. The number of amides is 1. The van der Waals surface area contributed by atoms with Gasteiger partial charge in [0.25, 0.3) is 5.91 Å². The van der Waals surface area contributed by atoms with Crippen LogP contribution in [0, 0.1) is 0 Å². The SMILES string of the molecule is COc1ccc2ccccc2c1C1Nc2nc3ccccc3cc2C(=O)N1c1ccccc1. The molecular weight excluding hydrogens is 410 g/mol. The predicted molar refractivity (Wildman–Crippen MR) is 132 cm³/mol. The van der Waals surface area contributed by atoms with E-state index in [1.807, 2.05) is 84.9 Å². The van der Waals surface area contributed by atoms with Gasteiger partial charge < -0.3 is 10.1 Å². The maximum absolute atomic E-state index is 14.0. The molecule has 0 spiro atoms. The van der Waals surface area contributed by atoms with Crippen LogP contribution in [0.5, 0.6) is 5.75 Å². The highest BCUT2D eigenvalue weighted by atomic mass is 16.5. The lowest BCUT2D eigenvalue weighted by atomic mass is 9.97. The lowest BCUT2D eigenvalue weighted by molar-refractivity contribution is 0.0974. The summed E-state index contributed by atoms with van der Waals surface area (Å²) in [5, 5.41) is 6.59. The molecule has 1 N–H and O–H groups in total. The third-order valence-electron chi connectivity index (χ3n) is 6.16. The van der Waals surface area contributed by atoms with Gasteiger partial charge in [-0.05, 0) is 41.1 Å². The number of methoxy groups -OCH3 is 1. The van der Waals surface area contributed by atoms with Crippen molar-refractivity contribution in [2.75, 3.05) is 17.3 Å². The van der Waals surface area contributed by atoms with Crippen LogP contribution in [0.3, 0.4) is 0 Å². The highest BCUT2D eigenvalue weighted by Crippen LogP contribution is 2.42. The molecule has 5 heteroatoms. The molecule has 0 saturated heterocycles. The maximum atomic E-state index is 14.0. The average Bonchev–Trinajstić information content (AvgIpc) is 2.87. The Balaban J connectivity index is 1.63. The molecular formula is C28H21N3O2. The van der Waals surface area contributed by atoms with Crippen LogP contribution in [0.15, 0.2) is 97.1 Å². The number of fused-ring (bicyclic) bond motifs is 3. The Morgan fingerprint density at radius 3 is 2.39 bits per heavy atom. The predicted octanol–water partition coefficient (Wildman–Crippen LogP) is 6.17. The summed E-state index contributed by atoms with van der Waals surface area (Å²) in [6, 6.07) is 31.6. The second-order valence-electron chi connectivity index (χ2n) is 8.04. The number of hydrogen-bond acceptors (Lipinski definition) is 4. The first-order chi connectivity index (χ1) is 16.2. The Labute approximate surface area is 191 Å². The number of anilines is 2. The van der Waals surface area contributed by atoms with Crippen molar-refractivity contribution < 1.29 is 9.53 Å². The van der Waals surface area contributed by atoms with Gasteiger partial charge in [-0.1, -0.05) is 66.7 Å². The molecule has 0 saturated carbocycles. The standard InChI is InChI=1S/C28H21N3O2/c1-33-24-16-15-18-9-5-7-13-21(18)25(24)27-30-26-22(17-19-10-6-8-14-23(19)29-26)28(32)31(27)20-11-3-2-4-12-20/h2-17,27H,1H3,(H,29,30). The van der Waals surface area contributed by atoms with Gasteiger partial charge in [-0.2, -0.15) is 0 Å². The van der Waals surface area contributed by atoms with Crippen LogP contribution in [0.4, 0.5) is 11.5 Å². The van der Waals surface area contributed by atoms with E-state index in [1.165, 1.54) is 0 Å². The molecule has 6 rings (SSSR count). The Morgan fingerprint density at radius 2 is 1.58 bits per heavy atom. The minimum Gasteiger partial charge on any atom is -0.496 e. The van der Waals surface area contributed by atoms with Crippen LogP contribution in [0.2, 0.25) is 0 Å². The van der Waals surface area contributed by atoms with Crippen LogP contribution in [0.25, 0.3) is 21.7 Å². The minimum absolute atomic E-state index is 0.104. The normalized spacial score (nSPS) is 15.4. The van der Waals surface area contributed by atoms with E-state index in [-0.39, 0.29) is 5.91 Å². The third-order valence-corrected chi connectivity index (χ3v) is 6.16. The van der Waals surface area contributed by atoms with E-state index < -0.39 is 6.17 Å². The van der Waals surface area contributed by atoms with Gasteiger partial charge in [-0.15, -0.1) is 0 Å². The van der Waals surface area contributed by atoms with Crippen LogP contribution >= 0.6 is 0 Å². The number of carbonyl (C=O) groups excluding carboxylic acids is 1. The van der Waals surface area contributed by atoms with Crippen molar-refractivity contribution in [1.82, 2.24) is 4.98 Å². The molecule has 1 aliphatic heterocycles. The molecule has 1 unspecified atom stereocenters. The summed E-state index contributed by atoms with van der Waals surface area (Å²) in [5.74, 6) is 1.18. The molecule has 2 heterocycles. The average molecular weight is 431 g/mol. The lowest BCUT2D eigenvalue weighted by Crippen LogP contribution is -2.43. The van der Waals surface area contributed by atoms with Crippen LogP contribution < -0.4 is 15.0 Å². The molecule has 33 heavy (non-hydrogen) atoms. The van der Waals surface area contributed by atoms with Gasteiger partial charge in [0.05, 0.1) is 18.2 Å². The third kappa shape index (κ3) is 3.09. The molecule has 5 nitrogen and oxygen atoms in total. The van der Waals surface area contributed by atoms with E-state index in [4.69, 9.17) is 9.72 Å². The van der Waals surface area contributed by atoms with Crippen molar-refractivity contribution in [3.05, 3.63) is 108 Å². The van der Waals surface area contributed by atoms with Crippen LogP contribution in [-0.2, 0) is 0 Å². The largest absolute Gasteiger partial charge is 0.496 e. The summed E-state index contributed by atoms with van der Waals surface area (Å²) in [6.07, 6.45) is -0.498. The molecule has 160 valence electrons. The minimum atomic E-state index is -0.498. The highest BCUT2D eigenvalue weighted by molar-refractivity contribution is 6.13. The number of nitrogens with zero attached hydrogens (tertiary/aromatic N) is 2. The molecule has 1 atom stereocenters. The molecule has 1 aliphatic rings. The van der Waals surface area contributed by atoms with E-state index in [1.54, 1.807) is 12.0 Å². The number of aromatic nitrogens is 1. The van der Waals surface area contributed by atoms with E-state index >= 15 is 0 Å². The first kappa shape index (κ1) is 19.3. The number of pyridine rings is 1. The highest BCUT2D eigenvalue weighted by Gasteiger charge is 2.37. The Kier molecular flexibility index (Phi) is 4.47. The molecule has 0 aliphatic carbocycles. The summed E-state index contributed by atoms with van der Waals surface area (Å²) in [5.41, 5.74) is 3.09. The van der Waals surface area contributed by atoms with Gasteiger partial charge in [0.2, 0.25) is 0 Å². The number of ether oxygens (including phenoxy) is 1. The number of para-hydroxylation sites is 2. The summed E-state index contributed by atoms with van der Waals surface area (Å²) in [6.45, 7) is 0. The number of benzene rings is 4. The van der Waals surface area contributed by atoms with Crippen molar-refractivity contribution in [3.63, 3.8) is 0 Å². The Morgan fingerprint density at radius 1 is 0.848 bits per heavy atom. The molecule has 4 aromatic carbocycles.